The number of ketones is 1. The van der Waals surface area contributed by atoms with E-state index in [4.69, 9.17) is 9.72 Å². The molecule has 7 heteroatoms. The highest BCUT2D eigenvalue weighted by Crippen LogP contribution is 2.27. The fourth-order valence-electron chi connectivity index (χ4n) is 3.82. The lowest BCUT2D eigenvalue weighted by molar-refractivity contribution is 0.103. The van der Waals surface area contributed by atoms with Gasteiger partial charge < -0.3 is 14.7 Å². The molecule has 0 amide bonds. The summed E-state index contributed by atoms with van der Waals surface area (Å²) in [6.07, 6.45) is 1.51. The molecule has 1 fully saturated rings. The summed E-state index contributed by atoms with van der Waals surface area (Å²) in [6.45, 7) is 2.38. The minimum atomic E-state index is -0.357. The number of para-hydroxylation sites is 2. The second-order valence-electron chi connectivity index (χ2n) is 7.19. The minimum absolute atomic E-state index is 0.0977. The lowest BCUT2D eigenvalue weighted by Gasteiger charge is -2.29. The molecule has 5 rings (SSSR count). The molecular weight excluding hydrogens is 382 g/mol. The van der Waals surface area contributed by atoms with E-state index in [0.717, 1.165) is 0 Å². The molecule has 2 aromatic heterocycles. The normalized spacial score (nSPS) is 14.3. The van der Waals surface area contributed by atoms with Crippen LogP contribution in [0.2, 0.25) is 0 Å². The monoisotopic (exact) mass is 401 g/mol. The first-order chi connectivity index (χ1) is 14.6. The van der Waals surface area contributed by atoms with Gasteiger partial charge in [-0.05, 0) is 30.3 Å². The molecule has 0 spiro atoms. The summed E-state index contributed by atoms with van der Waals surface area (Å²) in [7, 11) is 0. The highest BCUT2D eigenvalue weighted by molar-refractivity contribution is 6.11. The molecule has 1 aliphatic rings. The molecule has 30 heavy (non-hydrogen) atoms. The molecule has 150 valence electrons. The Kier molecular flexibility index (Phi) is 4.44. The largest absolute Gasteiger partial charge is 0.507 e. The van der Waals surface area contributed by atoms with E-state index in [1.807, 2.05) is 6.07 Å². The number of aromatic hydroxyl groups is 1. The maximum atomic E-state index is 13.2. The number of nitrogens with zero attached hydrogens (tertiary/aromatic N) is 3. The molecule has 1 saturated heterocycles. The fraction of sp³-hybridized carbons (Fsp3) is 0.174. The molecule has 1 N–H and O–H groups in total. The number of ether oxygens (including phenoxy) is 1. The zero-order valence-corrected chi connectivity index (χ0v) is 16.1. The van der Waals surface area contributed by atoms with Gasteiger partial charge in [0.25, 0.3) is 5.56 Å². The first-order valence-corrected chi connectivity index (χ1v) is 9.74. The number of rotatable bonds is 3. The summed E-state index contributed by atoms with van der Waals surface area (Å²) in [5.41, 5.74) is 2.06. The molecule has 0 aliphatic carbocycles. The van der Waals surface area contributed by atoms with Crippen molar-refractivity contribution >= 4 is 28.0 Å². The fourth-order valence-corrected chi connectivity index (χ4v) is 3.82. The number of pyridine rings is 1. The number of aromatic nitrogens is 2. The number of anilines is 1. The Balaban J connectivity index is 1.79. The van der Waals surface area contributed by atoms with Crippen molar-refractivity contribution in [2.45, 2.75) is 0 Å². The summed E-state index contributed by atoms with van der Waals surface area (Å²) < 4.78 is 6.89. The second-order valence-corrected chi connectivity index (χ2v) is 7.19. The Morgan fingerprint density at radius 1 is 1.03 bits per heavy atom. The number of phenols is 1. The van der Waals surface area contributed by atoms with Crippen LogP contribution in [0.5, 0.6) is 5.75 Å². The van der Waals surface area contributed by atoms with Gasteiger partial charge in [-0.2, -0.15) is 0 Å². The molecule has 3 heterocycles. The van der Waals surface area contributed by atoms with Gasteiger partial charge in [0.2, 0.25) is 0 Å². The number of fused-ring (bicyclic) bond motifs is 2. The van der Waals surface area contributed by atoms with E-state index < -0.39 is 0 Å². The number of phenolic OH excluding ortho intramolecular Hbond substituents is 1. The Bertz CT molecular complexity index is 1340. The van der Waals surface area contributed by atoms with Crippen LogP contribution >= 0.6 is 0 Å². The lowest BCUT2D eigenvalue weighted by Crippen LogP contribution is -2.37. The van der Waals surface area contributed by atoms with Gasteiger partial charge in [0.1, 0.15) is 5.75 Å². The van der Waals surface area contributed by atoms with Gasteiger partial charge >= 0.3 is 0 Å². The van der Waals surface area contributed by atoms with Crippen molar-refractivity contribution in [3.63, 3.8) is 0 Å². The van der Waals surface area contributed by atoms with E-state index in [0.29, 0.717) is 54.1 Å². The zero-order valence-electron chi connectivity index (χ0n) is 16.1. The predicted octanol–water partition coefficient (Wildman–Crippen LogP) is 2.62. The van der Waals surface area contributed by atoms with Crippen molar-refractivity contribution in [3.05, 3.63) is 82.3 Å². The lowest BCUT2D eigenvalue weighted by atomic mass is 10.0. The number of morpholine rings is 1. The van der Waals surface area contributed by atoms with Gasteiger partial charge in [0.05, 0.1) is 35.4 Å². The molecule has 0 bridgehead atoms. The van der Waals surface area contributed by atoms with Crippen LogP contribution in [0.4, 0.5) is 5.69 Å². The second kappa shape index (κ2) is 7.27. The Labute approximate surface area is 171 Å². The maximum Gasteiger partial charge on any atom is 0.265 e. The van der Waals surface area contributed by atoms with Crippen LogP contribution in [0, 0.1) is 0 Å². The quantitative estimate of drug-likeness (QED) is 0.420. The third-order valence-corrected chi connectivity index (χ3v) is 5.36. The highest BCUT2D eigenvalue weighted by atomic mass is 16.5. The number of carbonyl (C=O) groups excluding carboxylic acids is 1. The number of hydrogen-bond acceptors (Lipinski definition) is 6. The topological polar surface area (TPSA) is 84.1 Å². The molecule has 1 aliphatic heterocycles. The molecule has 2 aromatic carbocycles. The zero-order chi connectivity index (χ0) is 20.7. The van der Waals surface area contributed by atoms with Gasteiger partial charge in [0, 0.05) is 24.8 Å². The van der Waals surface area contributed by atoms with Gasteiger partial charge in [-0.15, -0.1) is 0 Å². The van der Waals surface area contributed by atoms with Crippen LogP contribution in [-0.2, 0) is 4.74 Å². The van der Waals surface area contributed by atoms with Crippen LogP contribution in [0.3, 0.4) is 0 Å². The summed E-state index contributed by atoms with van der Waals surface area (Å²) in [4.78, 5) is 33.2. The number of benzene rings is 2. The molecule has 0 unspecified atom stereocenters. The Hall–Kier alpha value is -3.71. The third-order valence-electron chi connectivity index (χ3n) is 5.36. The minimum Gasteiger partial charge on any atom is -0.507 e. The van der Waals surface area contributed by atoms with E-state index in [-0.39, 0.29) is 22.7 Å². The predicted molar refractivity (Wildman–Crippen MR) is 114 cm³/mol. The SMILES string of the molecule is O=C(c1cc(N2CCOCC2)c2nc3ccccc3c(=O)n2c1)c1ccccc1O. The average Bonchev–Trinajstić information content (AvgIpc) is 2.79. The third kappa shape index (κ3) is 3.00. The van der Waals surface area contributed by atoms with Gasteiger partial charge in [-0.3, -0.25) is 14.0 Å². The van der Waals surface area contributed by atoms with Crippen molar-refractivity contribution in [2.24, 2.45) is 0 Å². The van der Waals surface area contributed by atoms with Gasteiger partial charge in [0.15, 0.2) is 11.4 Å². The van der Waals surface area contributed by atoms with Crippen molar-refractivity contribution in [1.29, 1.82) is 0 Å². The van der Waals surface area contributed by atoms with Crippen LogP contribution in [0.15, 0.2) is 65.6 Å². The summed E-state index contributed by atoms with van der Waals surface area (Å²) in [6, 6.07) is 15.3. The standard InChI is InChI=1S/C23H19N3O4/c27-20-8-4-2-6-17(20)21(28)15-13-19(25-9-11-30-12-10-25)22-24-18-7-3-1-5-16(18)23(29)26(22)14-15/h1-8,13-14,27H,9-12H2. The molecular formula is C23H19N3O4. The first-order valence-electron chi connectivity index (χ1n) is 9.74. The molecule has 4 aromatic rings. The van der Waals surface area contributed by atoms with Crippen molar-refractivity contribution in [1.82, 2.24) is 9.38 Å². The first kappa shape index (κ1) is 18.3. The number of carbonyl (C=O) groups is 1. The smallest absolute Gasteiger partial charge is 0.265 e. The maximum absolute atomic E-state index is 13.2. The Morgan fingerprint density at radius 3 is 2.57 bits per heavy atom. The van der Waals surface area contributed by atoms with E-state index in [9.17, 15) is 14.7 Å². The summed E-state index contributed by atoms with van der Waals surface area (Å²) >= 11 is 0. The average molecular weight is 401 g/mol. The van der Waals surface area contributed by atoms with E-state index in [1.54, 1.807) is 42.5 Å². The molecule has 0 atom stereocenters. The van der Waals surface area contributed by atoms with Crippen molar-refractivity contribution in [2.75, 3.05) is 31.2 Å². The highest BCUT2D eigenvalue weighted by Gasteiger charge is 2.21. The van der Waals surface area contributed by atoms with E-state index in [2.05, 4.69) is 4.90 Å². The van der Waals surface area contributed by atoms with Gasteiger partial charge in [-0.1, -0.05) is 24.3 Å². The van der Waals surface area contributed by atoms with Crippen LogP contribution in [0.25, 0.3) is 16.6 Å². The van der Waals surface area contributed by atoms with Crippen molar-refractivity contribution < 1.29 is 14.6 Å². The van der Waals surface area contributed by atoms with Crippen LogP contribution < -0.4 is 10.5 Å². The van der Waals surface area contributed by atoms with Crippen molar-refractivity contribution in [3.8, 4) is 5.75 Å². The summed E-state index contributed by atoms with van der Waals surface area (Å²) in [5.74, 6) is -0.455. The van der Waals surface area contributed by atoms with Crippen LogP contribution in [-0.4, -0.2) is 46.6 Å². The summed E-state index contributed by atoms with van der Waals surface area (Å²) in [5, 5.41) is 10.6. The van der Waals surface area contributed by atoms with Crippen LogP contribution in [0.1, 0.15) is 15.9 Å². The Morgan fingerprint density at radius 2 is 1.77 bits per heavy atom. The van der Waals surface area contributed by atoms with Gasteiger partial charge in [-0.25, -0.2) is 4.98 Å². The van der Waals surface area contributed by atoms with E-state index in [1.165, 1.54) is 16.7 Å². The molecule has 0 radical (unpaired) electrons. The molecule has 0 saturated carbocycles. The van der Waals surface area contributed by atoms with E-state index >= 15 is 0 Å². The number of hydrogen-bond donors (Lipinski definition) is 1. The molecule has 7 nitrogen and oxygen atoms in total.